The second-order valence-corrected chi connectivity index (χ2v) is 5.01. The van der Waals surface area contributed by atoms with Gasteiger partial charge in [-0.1, -0.05) is 29.3 Å². The van der Waals surface area contributed by atoms with Crippen molar-refractivity contribution in [3.63, 3.8) is 0 Å². The largest absolute Gasteiger partial charge is 0.467 e. The number of hydrogen-bond acceptors (Lipinski definition) is 3. The van der Waals surface area contributed by atoms with E-state index in [1.165, 1.54) is 6.26 Å². The lowest BCUT2D eigenvalue weighted by molar-refractivity contribution is -0.121. The van der Waals surface area contributed by atoms with Gasteiger partial charge in [-0.25, -0.2) is 0 Å². The minimum atomic E-state index is -0.584. The molecule has 0 aliphatic heterocycles. The van der Waals surface area contributed by atoms with Gasteiger partial charge in [0.2, 0.25) is 5.91 Å². The van der Waals surface area contributed by atoms with Crippen molar-refractivity contribution in [2.24, 2.45) is 0 Å². The molecule has 1 heterocycles. The summed E-state index contributed by atoms with van der Waals surface area (Å²) in [6.45, 7) is -0.254. The third-order valence-corrected chi connectivity index (χ3v) is 3.51. The molecule has 1 aromatic carbocycles. The predicted molar refractivity (Wildman–Crippen MR) is 76.8 cm³/mol. The van der Waals surface area contributed by atoms with Gasteiger partial charge in [0.05, 0.1) is 19.3 Å². The van der Waals surface area contributed by atoms with E-state index in [9.17, 15) is 9.90 Å². The summed E-state index contributed by atoms with van der Waals surface area (Å²) in [7, 11) is 0. The number of aliphatic hydroxyl groups excluding tert-OH is 1. The van der Waals surface area contributed by atoms with Crippen LogP contribution in [0.15, 0.2) is 41.0 Å². The average Bonchev–Trinajstić information content (AvgIpc) is 2.94. The lowest BCUT2D eigenvalue weighted by atomic mass is 10.1. The molecule has 4 nitrogen and oxygen atoms in total. The summed E-state index contributed by atoms with van der Waals surface area (Å²) in [5.74, 6) is 0.196. The van der Waals surface area contributed by atoms with Crippen LogP contribution in [-0.4, -0.2) is 17.6 Å². The quantitative estimate of drug-likeness (QED) is 0.892. The van der Waals surface area contributed by atoms with E-state index in [0.29, 0.717) is 21.4 Å². The Balaban J connectivity index is 2.05. The number of rotatable bonds is 5. The van der Waals surface area contributed by atoms with Crippen molar-refractivity contribution in [2.45, 2.75) is 12.5 Å². The number of amides is 1. The van der Waals surface area contributed by atoms with E-state index in [1.807, 2.05) is 0 Å². The maximum Gasteiger partial charge on any atom is 0.225 e. The Morgan fingerprint density at radius 1 is 1.25 bits per heavy atom. The highest BCUT2D eigenvalue weighted by Gasteiger charge is 2.18. The number of aliphatic hydroxyl groups is 1. The summed E-state index contributed by atoms with van der Waals surface area (Å²) < 4.78 is 5.16. The lowest BCUT2D eigenvalue weighted by Crippen LogP contribution is -2.31. The highest BCUT2D eigenvalue weighted by atomic mass is 35.5. The third-order valence-electron chi connectivity index (χ3n) is 2.80. The zero-order chi connectivity index (χ0) is 14.5. The predicted octanol–water partition coefficient (Wildman–Crippen LogP) is 2.98. The monoisotopic (exact) mass is 313 g/mol. The fourth-order valence-electron chi connectivity index (χ4n) is 1.80. The molecule has 1 aromatic heterocycles. The molecule has 0 fully saturated rings. The minimum Gasteiger partial charge on any atom is -0.467 e. The normalized spacial score (nSPS) is 12.2. The second kappa shape index (κ2) is 6.79. The summed E-state index contributed by atoms with van der Waals surface area (Å²) in [5.41, 5.74) is 0.560. The van der Waals surface area contributed by atoms with Gasteiger partial charge in [-0.05, 0) is 29.8 Å². The van der Waals surface area contributed by atoms with Gasteiger partial charge in [0.25, 0.3) is 0 Å². The van der Waals surface area contributed by atoms with Gasteiger partial charge in [-0.2, -0.15) is 0 Å². The van der Waals surface area contributed by atoms with E-state index in [2.05, 4.69) is 5.32 Å². The van der Waals surface area contributed by atoms with Gasteiger partial charge >= 0.3 is 0 Å². The molecule has 1 amide bonds. The smallest absolute Gasteiger partial charge is 0.225 e. The maximum absolute atomic E-state index is 12.0. The molecule has 0 radical (unpaired) electrons. The molecule has 1 unspecified atom stereocenters. The molecule has 2 aromatic rings. The van der Waals surface area contributed by atoms with E-state index in [4.69, 9.17) is 27.6 Å². The Kier molecular flexibility index (Phi) is 5.06. The number of benzene rings is 1. The van der Waals surface area contributed by atoms with E-state index in [0.717, 1.165) is 0 Å². The van der Waals surface area contributed by atoms with Crippen molar-refractivity contribution in [3.8, 4) is 0 Å². The standard InChI is InChI=1S/C14H13Cl2NO3/c15-10-3-1-4-11(16)9(10)7-14(19)17-12(8-18)13-5-2-6-20-13/h1-6,12,18H,7-8H2,(H,17,19). The number of carbonyl (C=O) groups excluding carboxylic acids is 1. The third kappa shape index (κ3) is 3.54. The summed E-state index contributed by atoms with van der Waals surface area (Å²) in [6, 6.07) is 7.85. The minimum absolute atomic E-state index is 0.0374. The zero-order valence-electron chi connectivity index (χ0n) is 10.5. The average molecular weight is 314 g/mol. The number of furan rings is 1. The molecular weight excluding hydrogens is 301 g/mol. The molecule has 0 spiro atoms. The van der Waals surface area contributed by atoms with Gasteiger partial charge in [0, 0.05) is 10.0 Å². The van der Waals surface area contributed by atoms with Crippen molar-refractivity contribution < 1.29 is 14.3 Å². The Bertz CT molecular complexity index is 564. The van der Waals surface area contributed by atoms with E-state index in [1.54, 1.807) is 30.3 Å². The molecule has 0 aliphatic carbocycles. The van der Waals surface area contributed by atoms with Crippen molar-refractivity contribution >= 4 is 29.1 Å². The first kappa shape index (κ1) is 14.9. The van der Waals surface area contributed by atoms with E-state index >= 15 is 0 Å². The summed E-state index contributed by atoms with van der Waals surface area (Å²) in [4.78, 5) is 12.0. The van der Waals surface area contributed by atoms with Crippen molar-refractivity contribution in [2.75, 3.05) is 6.61 Å². The van der Waals surface area contributed by atoms with Crippen LogP contribution in [-0.2, 0) is 11.2 Å². The van der Waals surface area contributed by atoms with Crippen molar-refractivity contribution in [3.05, 3.63) is 58.0 Å². The molecule has 2 N–H and O–H groups in total. The van der Waals surface area contributed by atoms with Crippen molar-refractivity contribution in [1.82, 2.24) is 5.32 Å². The van der Waals surface area contributed by atoms with E-state index < -0.39 is 6.04 Å². The molecule has 6 heteroatoms. The van der Waals surface area contributed by atoms with Crippen LogP contribution in [0.25, 0.3) is 0 Å². The Labute approximate surface area is 126 Å². The number of nitrogens with one attached hydrogen (secondary N) is 1. The van der Waals surface area contributed by atoms with Crippen LogP contribution in [0.2, 0.25) is 10.0 Å². The Hall–Kier alpha value is -1.49. The van der Waals surface area contributed by atoms with Gasteiger partial charge < -0.3 is 14.8 Å². The van der Waals surface area contributed by atoms with Crippen LogP contribution in [0.5, 0.6) is 0 Å². The molecule has 0 aliphatic rings. The van der Waals surface area contributed by atoms with E-state index in [-0.39, 0.29) is 18.9 Å². The fourth-order valence-corrected chi connectivity index (χ4v) is 2.33. The number of hydrogen-bond donors (Lipinski definition) is 2. The van der Waals surface area contributed by atoms with Gasteiger partial charge in [-0.3, -0.25) is 4.79 Å². The first-order valence-corrected chi connectivity index (χ1v) is 6.74. The molecule has 1 atom stereocenters. The fraction of sp³-hybridized carbons (Fsp3) is 0.214. The first-order chi connectivity index (χ1) is 9.61. The SMILES string of the molecule is O=C(Cc1c(Cl)cccc1Cl)NC(CO)c1ccco1. The summed E-state index contributed by atoms with van der Waals surface area (Å²) >= 11 is 12.0. The van der Waals surface area contributed by atoms with Crippen LogP contribution in [0, 0.1) is 0 Å². The Morgan fingerprint density at radius 3 is 2.50 bits per heavy atom. The van der Waals surface area contributed by atoms with Crippen molar-refractivity contribution in [1.29, 1.82) is 0 Å². The molecule has 2 rings (SSSR count). The molecule has 106 valence electrons. The maximum atomic E-state index is 12.0. The van der Waals surface area contributed by atoms with Crippen LogP contribution in [0.3, 0.4) is 0 Å². The molecule has 0 bridgehead atoms. The first-order valence-electron chi connectivity index (χ1n) is 5.98. The summed E-state index contributed by atoms with van der Waals surface area (Å²) in [6.07, 6.45) is 1.52. The summed E-state index contributed by atoms with van der Waals surface area (Å²) in [5, 5.41) is 12.8. The molecule has 20 heavy (non-hydrogen) atoms. The van der Waals surface area contributed by atoms with Crippen LogP contribution in [0.4, 0.5) is 0 Å². The molecular formula is C14H13Cl2NO3. The number of halogens is 2. The molecule has 0 saturated carbocycles. The molecule has 0 saturated heterocycles. The second-order valence-electron chi connectivity index (χ2n) is 4.20. The van der Waals surface area contributed by atoms with Gasteiger partial charge in [-0.15, -0.1) is 0 Å². The van der Waals surface area contributed by atoms with Gasteiger partial charge in [0.1, 0.15) is 11.8 Å². The highest BCUT2D eigenvalue weighted by molar-refractivity contribution is 6.36. The van der Waals surface area contributed by atoms with Crippen LogP contribution < -0.4 is 5.32 Å². The lowest BCUT2D eigenvalue weighted by Gasteiger charge is -2.14. The number of carbonyl (C=O) groups is 1. The Morgan fingerprint density at radius 2 is 1.95 bits per heavy atom. The zero-order valence-corrected chi connectivity index (χ0v) is 12.0. The van der Waals surface area contributed by atoms with Crippen LogP contribution >= 0.6 is 23.2 Å². The highest BCUT2D eigenvalue weighted by Crippen LogP contribution is 2.25. The van der Waals surface area contributed by atoms with Crippen LogP contribution in [0.1, 0.15) is 17.4 Å². The topological polar surface area (TPSA) is 62.5 Å². The van der Waals surface area contributed by atoms with Gasteiger partial charge in [0.15, 0.2) is 0 Å².